The maximum atomic E-state index is 12.4. The average Bonchev–Trinajstić information content (AvgIpc) is 3.23. The van der Waals surface area contributed by atoms with Crippen molar-refractivity contribution >= 4 is 50.7 Å². The number of nitrogens with zero attached hydrogens (tertiary/aromatic N) is 2. The van der Waals surface area contributed by atoms with Gasteiger partial charge in [0.25, 0.3) is 5.69 Å². The number of rotatable bonds is 9. The summed E-state index contributed by atoms with van der Waals surface area (Å²) in [6.07, 6.45) is 1.38. The number of carbonyl (C=O) groups is 2. The second-order valence-electron chi connectivity index (χ2n) is 6.41. The van der Waals surface area contributed by atoms with Crippen LogP contribution in [0.5, 0.6) is 11.5 Å². The van der Waals surface area contributed by atoms with Gasteiger partial charge in [-0.2, -0.15) is 5.10 Å². The first-order chi connectivity index (χ1) is 15.8. The number of esters is 1. The Morgan fingerprint density at radius 1 is 1.21 bits per heavy atom. The van der Waals surface area contributed by atoms with Crippen molar-refractivity contribution in [3.8, 4) is 11.5 Å². The van der Waals surface area contributed by atoms with E-state index in [1.807, 2.05) is 0 Å². The number of carbonyl (C=O) groups excluding carboxylic acids is 2. The molecular formula is C21H18BrN3O8. The highest BCUT2D eigenvalue weighted by Crippen LogP contribution is 2.33. The van der Waals surface area contributed by atoms with E-state index in [2.05, 4.69) is 31.2 Å². The number of methoxy groups -OCH3 is 1. The van der Waals surface area contributed by atoms with Crippen LogP contribution in [0.25, 0.3) is 11.0 Å². The SMILES string of the molecule is CCOc1cc(/C=N/NC(=O)c2cc3cc([N+](=O)[O-])ccc3o2)c(Br)cc1OCC(=O)OC. The van der Waals surface area contributed by atoms with Crippen LogP contribution in [0.3, 0.4) is 0 Å². The Morgan fingerprint density at radius 2 is 1.97 bits per heavy atom. The maximum absolute atomic E-state index is 12.4. The fourth-order valence-corrected chi connectivity index (χ4v) is 3.12. The van der Waals surface area contributed by atoms with Crippen LogP contribution < -0.4 is 14.9 Å². The zero-order chi connectivity index (χ0) is 24.0. The number of nitrogens with one attached hydrogen (secondary N) is 1. The maximum Gasteiger partial charge on any atom is 0.343 e. The molecule has 33 heavy (non-hydrogen) atoms. The van der Waals surface area contributed by atoms with Crippen LogP contribution in [0.1, 0.15) is 23.0 Å². The van der Waals surface area contributed by atoms with Crippen molar-refractivity contribution in [1.82, 2.24) is 5.43 Å². The molecule has 0 aliphatic heterocycles. The third-order valence-corrected chi connectivity index (χ3v) is 4.93. The van der Waals surface area contributed by atoms with E-state index < -0.39 is 16.8 Å². The first-order valence-electron chi connectivity index (χ1n) is 9.49. The number of nitro groups is 1. The van der Waals surface area contributed by atoms with Crippen molar-refractivity contribution in [3.63, 3.8) is 0 Å². The summed E-state index contributed by atoms with van der Waals surface area (Å²) in [4.78, 5) is 34.0. The van der Waals surface area contributed by atoms with Crippen LogP contribution in [0.2, 0.25) is 0 Å². The van der Waals surface area contributed by atoms with Gasteiger partial charge in [-0.15, -0.1) is 0 Å². The van der Waals surface area contributed by atoms with Gasteiger partial charge in [0.2, 0.25) is 0 Å². The number of hydrogen-bond acceptors (Lipinski definition) is 9. The highest BCUT2D eigenvalue weighted by atomic mass is 79.9. The lowest BCUT2D eigenvalue weighted by Gasteiger charge is -2.13. The summed E-state index contributed by atoms with van der Waals surface area (Å²) >= 11 is 3.38. The molecule has 0 unspecified atom stereocenters. The van der Waals surface area contributed by atoms with E-state index in [-0.39, 0.29) is 18.1 Å². The van der Waals surface area contributed by atoms with Gasteiger partial charge in [-0.25, -0.2) is 10.2 Å². The number of nitro benzene ring substituents is 1. The fraction of sp³-hybridized carbons (Fsp3) is 0.190. The van der Waals surface area contributed by atoms with Gasteiger partial charge in [0.1, 0.15) is 5.58 Å². The van der Waals surface area contributed by atoms with Gasteiger partial charge < -0.3 is 18.6 Å². The molecule has 0 aliphatic rings. The van der Waals surface area contributed by atoms with Gasteiger partial charge >= 0.3 is 11.9 Å². The summed E-state index contributed by atoms with van der Waals surface area (Å²) in [5.74, 6) is -0.530. The lowest BCUT2D eigenvalue weighted by Crippen LogP contribution is -2.16. The monoisotopic (exact) mass is 519 g/mol. The number of fused-ring (bicyclic) bond motifs is 1. The van der Waals surface area contributed by atoms with Gasteiger partial charge in [0, 0.05) is 27.6 Å². The molecule has 0 bridgehead atoms. The predicted octanol–water partition coefficient (Wildman–Crippen LogP) is 3.82. The van der Waals surface area contributed by atoms with Crippen LogP contribution in [-0.4, -0.2) is 43.3 Å². The second-order valence-corrected chi connectivity index (χ2v) is 7.26. The number of furan rings is 1. The van der Waals surface area contributed by atoms with Gasteiger partial charge in [-0.05, 0) is 47.1 Å². The molecule has 0 saturated heterocycles. The summed E-state index contributed by atoms with van der Waals surface area (Å²) < 4.78 is 21.5. The zero-order valence-electron chi connectivity index (χ0n) is 17.5. The largest absolute Gasteiger partial charge is 0.490 e. The van der Waals surface area contributed by atoms with Gasteiger partial charge in [0.15, 0.2) is 23.9 Å². The predicted molar refractivity (Wildman–Crippen MR) is 121 cm³/mol. The van der Waals surface area contributed by atoms with E-state index in [0.717, 1.165) is 0 Å². The second kappa shape index (κ2) is 10.6. The molecule has 0 aliphatic carbocycles. The summed E-state index contributed by atoms with van der Waals surface area (Å²) in [5.41, 5.74) is 3.12. The van der Waals surface area contributed by atoms with Crippen molar-refractivity contribution in [2.75, 3.05) is 20.3 Å². The Hall–Kier alpha value is -3.93. The van der Waals surface area contributed by atoms with Crippen LogP contribution >= 0.6 is 15.9 Å². The Bertz CT molecular complexity index is 1240. The Labute approximate surface area is 195 Å². The number of hydrazone groups is 1. The molecule has 0 fully saturated rings. The molecular weight excluding hydrogens is 502 g/mol. The van der Waals surface area contributed by atoms with Crippen LogP contribution in [0.4, 0.5) is 5.69 Å². The van der Waals surface area contributed by atoms with Gasteiger partial charge in [-0.1, -0.05) is 0 Å². The lowest BCUT2D eigenvalue weighted by atomic mass is 10.2. The molecule has 11 nitrogen and oxygen atoms in total. The first-order valence-corrected chi connectivity index (χ1v) is 10.3. The molecule has 172 valence electrons. The summed E-state index contributed by atoms with van der Waals surface area (Å²) in [7, 11) is 1.26. The van der Waals surface area contributed by atoms with Crippen molar-refractivity contribution in [2.45, 2.75) is 6.92 Å². The van der Waals surface area contributed by atoms with Gasteiger partial charge in [-0.3, -0.25) is 14.9 Å². The summed E-state index contributed by atoms with van der Waals surface area (Å²) in [6.45, 7) is 1.86. The standard InChI is InChI=1S/C21H18BrN3O8/c1-3-31-17-8-13(15(22)9-18(17)32-11-20(26)30-2)10-23-24-21(27)19-7-12-6-14(25(28)29)4-5-16(12)33-19/h4-10H,3,11H2,1-2H3,(H,24,27)/b23-10+. The van der Waals surface area contributed by atoms with Crippen LogP contribution in [0, 0.1) is 10.1 Å². The van der Waals surface area contributed by atoms with Crippen LogP contribution in [-0.2, 0) is 9.53 Å². The van der Waals surface area contributed by atoms with Crippen molar-refractivity contribution in [1.29, 1.82) is 0 Å². The number of benzene rings is 2. The molecule has 3 aromatic rings. The highest BCUT2D eigenvalue weighted by molar-refractivity contribution is 9.10. The molecule has 1 amide bonds. The molecule has 0 atom stereocenters. The number of non-ortho nitro benzene ring substituents is 1. The van der Waals surface area contributed by atoms with Crippen molar-refractivity contribution in [2.24, 2.45) is 5.10 Å². The zero-order valence-corrected chi connectivity index (χ0v) is 19.1. The minimum absolute atomic E-state index is 0.0525. The third-order valence-electron chi connectivity index (χ3n) is 4.24. The minimum Gasteiger partial charge on any atom is -0.490 e. The summed E-state index contributed by atoms with van der Waals surface area (Å²) in [6, 6.07) is 8.64. The van der Waals surface area contributed by atoms with E-state index in [4.69, 9.17) is 13.9 Å². The smallest absolute Gasteiger partial charge is 0.343 e. The Kier molecular flexibility index (Phi) is 7.61. The number of amides is 1. The summed E-state index contributed by atoms with van der Waals surface area (Å²) in [5, 5.41) is 15.2. The molecule has 1 heterocycles. The van der Waals surface area contributed by atoms with Crippen molar-refractivity contribution in [3.05, 3.63) is 62.3 Å². The molecule has 0 spiro atoms. The van der Waals surface area contributed by atoms with E-state index >= 15 is 0 Å². The number of hydrogen-bond donors (Lipinski definition) is 1. The number of halogens is 1. The van der Waals surface area contributed by atoms with E-state index in [0.29, 0.717) is 39.1 Å². The highest BCUT2D eigenvalue weighted by Gasteiger charge is 2.15. The van der Waals surface area contributed by atoms with Crippen molar-refractivity contribution < 1.29 is 33.1 Å². The molecule has 3 rings (SSSR count). The molecule has 12 heteroatoms. The van der Waals surface area contributed by atoms with E-state index in [1.54, 1.807) is 19.1 Å². The number of ether oxygens (including phenoxy) is 3. The average molecular weight is 520 g/mol. The van der Waals surface area contributed by atoms with Crippen LogP contribution in [0.15, 0.2) is 50.4 Å². The topological polar surface area (TPSA) is 142 Å². The van der Waals surface area contributed by atoms with Gasteiger partial charge in [0.05, 0.1) is 24.9 Å². The minimum atomic E-state index is -0.635. The Balaban J connectivity index is 1.74. The third kappa shape index (κ3) is 5.86. The normalized spacial score (nSPS) is 10.9. The quantitative estimate of drug-likeness (QED) is 0.194. The molecule has 1 N–H and O–H groups in total. The molecule has 0 radical (unpaired) electrons. The Morgan fingerprint density at radius 3 is 2.67 bits per heavy atom. The molecule has 0 saturated carbocycles. The van der Waals surface area contributed by atoms with E-state index in [9.17, 15) is 19.7 Å². The molecule has 1 aromatic heterocycles. The first kappa shape index (κ1) is 23.7. The molecule has 2 aromatic carbocycles. The lowest BCUT2D eigenvalue weighted by molar-refractivity contribution is -0.384. The fourth-order valence-electron chi connectivity index (χ4n) is 2.70. The van der Waals surface area contributed by atoms with E-state index in [1.165, 1.54) is 37.6 Å².